The Morgan fingerprint density at radius 1 is 1.33 bits per heavy atom. The van der Waals surface area contributed by atoms with Crippen LogP contribution in [-0.4, -0.2) is 23.4 Å². The zero-order chi connectivity index (χ0) is 15.5. The van der Waals surface area contributed by atoms with Gasteiger partial charge in [-0.25, -0.2) is 0 Å². The van der Waals surface area contributed by atoms with Gasteiger partial charge in [-0.1, -0.05) is 38.1 Å². The number of amides is 1. The van der Waals surface area contributed by atoms with Crippen LogP contribution in [0.1, 0.15) is 56.6 Å². The van der Waals surface area contributed by atoms with Crippen LogP contribution in [0.15, 0.2) is 24.3 Å². The number of benzene rings is 1. The number of aryl methyl sites for hydroxylation is 1. The minimum atomic E-state index is -0.529. The van der Waals surface area contributed by atoms with Crippen LogP contribution >= 0.6 is 0 Å². The predicted octanol–water partition coefficient (Wildman–Crippen LogP) is 3.65. The fourth-order valence-electron chi connectivity index (χ4n) is 2.76. The molecule has 0 radical (unpaired) electrons. The molecule has 1 aliphatic rings. The third kappa shape index (κ3) is 3.26. The first kappa shape index (κ1) is 15.6. The molecule has 1 saturated carbocycles. The van der Waals surface area contributed by atoms with Gasteiger partial charge in [0.2, 0.25) is 5.91 Å². The predicted molar refractivity (Wildman–Crippen MR) is 83.8 cm³/mol. The van der Waals surface area contributed by atoms with Crippen molar-refractivity contribution in [2.45, 2.75) is 57.4 Å². The van der Waals surface area contributed by atoms with Crippen LogP contribution < -0.4 is 0 Å². The van der Waals surface area contributed by atoms with Gasteiger partial charge in [-0.3, -0.25) is 4.79 Å². The smallest absolute Gasteiger partial charge is 0.223 e. The second-order valence-corrected chi connectivity index (χ2v) is 6.35. The molecule has 0 saturated heterocycles. The fourth-order valence-corrected chi connectivity index (χ4v) is 2.76. The van der Waals surface area contributed by atoms with E-state index in [1.807, 2.05) is 0 Å². The Kier molecular flexibility index (Phi) is 4.67. The maximum atomic E-state index is 12.3. The molecule has 1 aliphatic carbocycles. The molecule has 0 N–H and O–H groups in total. The highest BCUT2D eigenvalue weighted by Gasteiger charge is 2.43. The van der Waals surface area contributed by atoms with Gasteiger partial charge in [-0.05, 0) is 42.7 Å². The van der Waals surface area contributed by atoms with Gasteiger partial charge in [0, 0.05) is 13.5 Å². The number of hydrogen-bond donors (Lipinski definition) is 0. The Balaban J connectivity index is 1.90. The van der Waals surface area contributed by atoms with Crippen LogP contribution in [0.25, 0.3) is 0 Å². The maximum absolute atomic E-state index is 12.3. The summed E-state index contributed by atoms with van der Waals surface area (Å²) in [6.45, 7) is 4.35. The van der Waals surface area contributed by atoms with Crippen LogP contribution in [0.3, 0.4) is 0 Å². The number of nitriles is 1. The molecule has 0 spiro atoms. The lowest BCUT2D eigenvalue weighted by Crippen LogP contribution is -2.53. The van der Waals surface area contributed by atoms with Gasteiger partial charge in [0.05, 0.1) is 6.07 Å². The highest BCUT2D eigenvalue weighted by molar-refractivity contribution is 5.77. The Morgan fingerprint density at radius 3 is 2.38 bits per heavy atom. The Hall–Kier alpha value is -1.82. The molecule has 0 aliphatic heterocycles. The molecule has 3 heteroatoms. The van der Waals surface area contributed by atoms with E-state index in [1.54, 1.807) is 11.9 Å². The summed E-state index contributed by atoms with van der Waals surface area (Å²) in [5.41, 5.74) is 1.97. The first-order valence-electron chi connectivity index (χ1n) is 7.75. The SMILES string of the molecule is CC(C)c1ccc(CCC(=O)N(C)C2(C#N)CCC2)cc1. The second-order valence-electron chi connectivity index (χ2n) is 6.35. The highest BCUT2D eigenvalue weighted by atomic mass is 16.2. The molecule has 0 aromatic heterocycles. The van der Waals surface area contributed by atoms with Crippen molar-refractivity contribution in [1.82, 2.24) is 4.90 Å². The van der Waals surface area contributed by atoms with Crippen LogP contribution in [0.2, 0.25) is 0 Å². The number of carbonyl (C=O) groups is 1. The van der Waals surface area contributed by atoms with Crippen LogP contribution in [0.4, 0.5) is 0 Å². The summed E-state index contributed by atoms with van der Waals surface area (Å²) in [7, 11) is 1.77. The number of nitrogens with zero attached hydrogens (tertiary/aromatic N) is 2. The van der Waals surface area contributed by atoms with Crippen molar-refractivity contribution in [2.24, 2.45) is 0 Å². The summed E-state index contributed by atoms with van der Waals surface area (Å²) < 4.78 is 0. The summed E-state index contributed by atoms with van der Waals surface area (Å²) in [6.07, 6.45) is 3.88. The molecule has 1 fully saturated rings. The van der Waals surface area contributed by atoms with E-state index >= 15 is 0 Å². The van der Waals surface area contributed by atoms with E-state index in [2.05, 4.69) is 44.2 Å². The lowest BCUT2D eigenvalue weighted by molar-refractivity contribution is -0.136. The standard InChI is InChI=1S/C18H24N2O/c1-14(2)16-8-5-15(6-9-16)7-10-17(21)20(3)18(13-19)11-4-12-18/h5-6,8-9,14H,4,7,10-12H2,1-3H3. The van der Waals surface area contributed by atoms with E-state index in [0.29, 0.717) is 12.3 Å². The summed E-state index contributed by atoms with van der Waals surface area (Å²) in [5.74, 6) is 0.602. The molecule has 21 heavy (non-hydrogen) atoms. The Bertz CT molecular complexity index is 535. The molecule has 1 amide bonds. The molecule has 0 bridgehead atoms. The first-order valence-corrected chi connectivity index (χ1v) is 7.75. The minimum absolute atomic E-state index is 0.0733. The van der Waals surface area contributed by atoms with Gasteiger partial charge < -0.3 is 4.90 Å². The molecule has 0 heterocycles. The highest BCUT2D eigenvalue weighted by Crippen LogP contribution is 2.36. The van der Waals surface area contributed by atoms with E-state index < -0.39 is 5.54 Å². The van der Waals surface area contributed by atoms with E-state index in [4.69, 9.17) is 0 Å². The van der Waals surface area contributed by atoms with Gasteiger partial charge in [0.15, 0.2) is 0 Å². The molecule has 112 valence electrons. The van der Waals surface area contributed by atoms with E-state index in [9.17, 15) is 10.1 Å². The summed E-state index contributed by atoms with van der Waals surface area (Å²) in [5, 5.41) is 9.28. The molecule has 1 aromatic rings. The van der Waals surface area contributed by atoms with Gasteiger partial charge in [0.25, 0.3) is 0 Å². The summed E-state index contributed by atoms with van der Waals surface area (Å²) in [6, 6.07) is 10.8. The molecule has 0 unspecified atom stereocenters. The molecular formula is C18H24N2O. The molecule has 2 rings (SSSR count). The van der Waals surface area contributed by atoms with E-state index in [0.717, 1.165) is 25.7 Å². The lowest BCUT2D eigenvalue weighted by atomic mass is 9.76. The molecular weight excluding hydrogens is 260 g/mol. The van der Waals surface area contributed by atoms with Gasteiger partial charge in [-0.2, -0.15) is 5.26 Å². The topological polar surface area (TPSA) is 44.1 Å². The zero-order valence-electron chi connectivity index (χ0n) is 13.2. The summed E-state index contributed by atoms with van der Waals surface area (Å²) in [4.78, 5) is 13.9. The third-order valence-electron chi connectivity index (χ3n) is 4.68. The minimum Gasteiger partial charge on any atom is -0.327 e. The van der Waals surface area contributed by atoms with Crippen molar-refractivity contribution in [3.63, 3.8) is 0 Å². The third-order valence-corrected chi connectivity index (χ3v) is 4.68. The monoisotopic (exact) mass is 284 g/mol. The lowest BCUT2D eigenvalue weighted by Gasteiger charge is -2.43. The number of hydrogen-bond acceptors (Lipinski definition) is 2. The largest absolute Gasteiger partial charge is 0.327 e. The van der Waals surface area contributed by atoms with Gasteiger partial charge in [-0.15, -0.1) is 0 Å². The van der Waals surface area contributed by atoms with Crippen LogP contribution in [-0.2, 0) is 11.2 Å². The van der Waals surface area contributed by atoms with Crippen molar-refractivity contribution in [2.75, 3.05) is 7.05 Å². The van der Waals surface area contributed by atoms with Crippen molar-refractivity contribution in [3.05, 3.63) is 35.4 Å². The van der Waals surface area contributed by atoms with E-state index in [-0.39, 0.29) is 5.91 Å². The zero-order valence-corrected chi connectivity index (χ0v) is 13.2. The Labute approximate surface area is 127 Å². The fraction of sp³-hybridized carbons (Fsp3) is 0.556. The summed E-state index contributed by atoms with van der Waals surface area (Å²) >= 11 is 0. The first-order chi connectivity index (χ1) is 9.98. The van der Waals surface area contributed by atoms with Crippen molar-refractivity contribution in [3.8, 4) is 6.07 Å². The van der Waals surface area contributed by atoms with Gasteiger partial charge in [0.1, 0.15) is 5.54 Å². The second kappa shape index (κ2) is 6.30. The Morgan fingerprint density at radius 2 is 1.95 bits per heavy atom. The maximum Gasteiger partial charge on any atom is 0.223 e. The molecule has 1 aromatic carbocycles. The average Bonchev–Trinajstić information content (AvgIpc) is 2.44. The van der Waals surface area contributed by atoms with Crippen molar-refractivity contribution >= 4 is 5.91 Å². The average molecular weight is 284 g/mol. The quantitative estimate of drug-likeness (QED) is 0.828. The van der Waals surface area contributed by atoms with Crippen molar-refractivity contribution < 1.29 is 4.79 Å². The molecule has 3 nitrogen and oxygen atoms in total. The number of rotatable bonds is 5. The number of carbonyl (C=O) groups excluding carboxylic acids is 1. The van der Waals surface area contributed by atoms with Gasteiger partial charge >= 0.3 is 0 Å². The molecule has 0 atom stereocenters. The van der Waals surface area contributed by atoms with Crippen molar-refractivity contribution in [1.29, 1.82) is 5.26 Å². The van der Waals surface area contributed by atoms with E-state index in [1.165, 1.54) is 11.1 Å². The van der Waals surface area contributed by atoms with Crippen LogP contribution in [0.5, 0.6) is 0 Å². The normalized spacial score (nSPS) is 16.1. The van der Waals surface area contributed by atoms with Crippen LogP contribution in [0, 0.1) is 11.3 Å².